The summed E-state index contributed by atoms with van der Waals surface area (Å²) in [6.07, 6.45) is 0.552. The molecule has 5 aliphatic rings. The molecule has 8 unspecified atom stereocenters. The summed E-state index contributed by atoms with van der Waals surface area (Å²) >= 11 is 0. The Morgan fingerprint density at radius 2 is 1.55 bits per heavy atom. The second kappa shape index (κ2) is 11.2. The van der Waals surface area contributed by atoms with E-state index >= 15 is 0 Å². The predicted molar refractivity (Wildman–Crippen MR) is 135 cm³/mol. The van der Waals surface area contributed by atoms with E-state index in [1.165, 1.54) is 0 Å². The maximum Gasteiger partial charge on any atom is 2.00 e. The summed E-state index contributed by atoms with van der Waals surface area (Å²) in [6.45, 7) is 6.14. The molecule has 6 N–H and O–H groups in total. The summed E-state index contributed by atoms with van der Waals surface area (Å²) in [4.78, 5) is 62.2. The molecule has 10 atom stereocenters. The van der Waals surface area contributed by atoms with Gasteiger partial charge in [0.2, 0.25) is 0 Å². The van der Waals surface area contributed by atoms with E-state index in [4.69, 9.17) is 14.6 Å². The second-order valence-corrected chi connectivity index (χ2v) is 13.0. The van der Waals surface area contributed by atoms with Gasteiger partial charge in [0.15, 0.2) is 18.0 Å². The van der Waals surface area contributed by atoms with Crippen molar-refractivity contribution < 1.29 is 69.8 Å². The zero-order valence-electron chi connectivity index (χ0n) is 23.2. The van der Waals surface area contributed by atoms with Crippen LogP contribution in [0.2, 0.25) is 0 Å². The molecule has 0 radical (unpaired) electrons. The SMILES string of the molecule is CC(CCC(=O)O)C1CCC2C3C(=O)CC4CC5(CC[C@]4(C)C3CC(=O)[C@]12C)OC(C(=O)O)C(C(=O)O)O5.N.[Pt+2]. The minimum absolute atomic E-state index is 0. The van der Waals surface area contributed by atoms with Gasteiger partial charge < -0.3 is 30.9 Å². The topological polar surface area (TPSA) is 200 Å². The number of Topliss-reactive ketones (excluding diaryl/α,β-unsaturated/α-hetero) is 2. The quantitative estimate of drug-likeness (QED) is 0.311. The molecule has 4 saturated carbocycles. The summed E-state index contributed by atoms with van der Waals surface area (Å²) in [7, 11) is 0. The van der Waals surface area contributed by atoms with Crippen LogP contribution in [0.3, 0.4) is 0 Å². The molecule has 1 saturated heterocycles. The van der Waals surface area contributed by atoms with Gasteiger partial charge in [-0.05, 0) is 60.7 Å². The van der Waals surface area contributed by atoms with Gasteiger partial charge in [-0.3, -0.25) is 14.4 Å². The summed E-state index contributed by atoms with van der Waals surface area (Å²) in [5.41, 5.74) is -1.00. The van der Waals surface area contributed by atoms with E-state index in [-0.39, 0.29) is 99.0 Å². The number of carboxylic acids is 3. The Morgan fingerprint density at radius 3 is 2.10 bits per heavy atom. The van der Waals surface area contributed by atoms with Crippen molar-refractivity contribution in [1.82, 2.24) is 6.15 Å². The van der Waals surface area contributed by atoms with Crippen LogP contribution >= 0.6 is 0 Å². The van der Waals surface area contributed by atoms with Crippen molar-refractivity contribution in [3.63, 3.8) is 0 Å². The molecule has 4 aliphatic carbocycles. The summed E-state index contributed by atoms with van der Waals surface area (Å²) < 4.78 is 11.5. The molecule has 5 rings (SSSR count). The van der Waals surface area contributed by atoms with Crippen LogP contribution in [0.25, 0.3) is 0 Å². The molecule has 40 heavy (non-hydrogen) atoms. The van der Waals surface area contributed by atoms with Crippen molar-refractivity contribution in [1.29, 1.82) is 0 Å². The van der Waals surface area contributed by atoms with Crippen LogP contribution in [0.5, 0.6) is 0 Å². The first-order valence-electron chi connectivity index (χ1n) is 13.8. The third-order valence-corrected chi connectivity index (χ3v) is 11.3. The van der Waals surface area contributed by atoms with E-state index in [1.54, 1.807) is 0 Å². The van der Waals surface area contributed by atoms with Gasteiger partial charge in [0.25, 0.3) is 0 Å². The Kier molecular flexibility index (Phi) is 9.19. The molecule has 1 spiro atoms. The van der Waals surface area contributed by atoms with Crippen molar-refractivity contribution in [3.05, 3.63) is 0 Å². The zero-order chi connectivity index (χ0) is 27.8. The Balaban J connectivity index is 0.00000220. The molecular formula is C28H41NO10Pt+2. The van der Waals surface area contributed by atoms with Gasteiger partial charge in [-0.25, -0.2) is 9.59 Å². The number of carbonyl (C=O) groups is 5. The van der Waals surface area contributed by atoms with Crippen molar-refractivity contribution in [3.8, 4) is 0 Å². The van der Waals surface area contributed by atoms with Gasteiger partial charge in [-0.15, -0.1) is 0 Å². The molecule has 1 aliphatic heterocycles. The van der Waals surface area contributed by atoms with Gasteiger partial charge in [-0.2, -0.15) is 0 Å². The van der Waals surface area contributed by atoms with Crippen molar-refractivity contribution in [2.45, 2.75) is 96.6 Å². The maximum absolute atomic E-state index is 13.9. The average Bonchev–Trinajstić information content (AvgIpc) is 3.39. The van der Waals surface area contributed by atoms with Crippen molar-refractivity contribution in [2.75, 3.05) is 0 Å². The number of rotatable bonds is 6. The predicted octanol–water partition coefficient (Wildman–Crippen LogP) is 3.31. The summed E-state index contributed by atoms with van der Waals surface area (Å²) in [6, 6.07) is 0. The molecule has 226 valence electrons. The number of carboxylic acid groups (broad SMARTS) is 3. The second-order valence-electron chi connectivity index (χ2n) is 13.0. The van der Waals surface area contributed by atoms with Crippen LogP contribution in [-0.4, -0.2) is 62.8 Å². The first-order chi connectivity index (χ1) is 17.7. The molecular weight excluding hydrogens is 705 g/mol. The zero-order valence-corrected chi connectivity index (χ0v) is 25.5. The van der Waals surface area contributed by atoms with E-state index in [0.29, 0.717) is 25.7 Å². The molecule has 5 fully saturated rings. The number of fused-ring (bicyclic) bond motifs is 5. The van der Waals surface area contributed by atoms with Gasteiger partial charge in [-0.1, -0.05) is 20.8 Å². The summed E-state index contributed by atoms with van der Waals surface area (Å²) in [5, 5.41) is 28.2. The number of ketones is 2. The Bertz CT molecular complexity index is 1060. The molecule has 0 bridgehead atoms. The van der Waals surface area contributed by atoms with Crippen LogP contribution in [0.4, 0.5) is 0 Å². The normalized spacial score (nSPS) is 44.4. The van der Waals surface area contributed by atoms with E-state index in [9.17, 15) is 34.2 Å². The first-order valence-corrected chi connectivity index (χ1v) is 13.8. The van der Waals surface area contributed by atoms with Crippen molar-refractivity contribution >= 4 is 29.5 Å². The van der Waals surface area contributed by atoms with Crippen LogP contribution < -0.4 is 6.15 Å². The largest absolute Gasteiger partial charge is 2.00 e. The minimum atomic E-state index is -1.61. The average molecular weight is 747 g/mol. The van der Waals surface area contributed by atoms with Crippen LogP contribution in [0, 0.1) is 46.3 Å². The standard InChI is InChI=1S/C28H38O10.H3N.Pt/c1-13(4-7-20(31)32)15-5-6-16-21-17(11-19(30)27(15,16)3)26(2)8-9-28(12-14(26)10-18(21)29)37-22(24(33)34)23(38-28)25(35)36;;/h13-17,21-23H,4-12H2,1-3H3,(H,31,32)(H,33,34)(H,35,36);1H3;/q;;+2/t13?,14?,15?,16?,17?,21?,22?,23?,26-,27+,28?;;/m0../s1. The van der Waals surface area contributed by atoms with Gasteiger partial charge in [0.05, 0.1) is 0 Å². The minimum Gasteiger partial charge on any atom is -0.481 e. The van der Waals surface area contributed by atoms with Gasteiger partial charge in [0.1, 0.15) is 11.6 Å². The number of ether oxygens (including phenoxy) is 2. The van der Waals surface area contributed by atoms with Gasteiger partial charge >= 0.3 is 39.0 Å². The number of hydrogen-bond donors (Lipinski definition) is 4. The number of carbonyl (C=O) groups excluding carboxylic acids is 2. The monoisotopic (exact) mass is 746 g/mol. The third-order valence-electron chi connectivity index (χ3n) is 11.3. The fourth-order valence-corrected chi connectivity index (χ4v) is 9.28. The summed E-state index contributed by atoms with van der Waals surface area (Å²) in [5.74, 6) is -5.28. The Hall–Kier alpha value is -1.68. The molecule has 0 aromatic rings. The molecule has 0 aromatic carbocycles. The molecule has 11 nitrogen and oxygen atoms in total. The third kappa shape index (κ3) is 4.88. The molecule has 0 aromatic heterocycles. The van der Waals surface area contributed by atoms with E-state index in [2.05, 4.69) is 6.92 Å². The van der Waals surface area contributed by atoms with E-state index < -0.39 is 41.3 Å². The Labute approximate surface area is 248 Å². The van der Waals surface area contributed by atoms with Crippen LogP contribution in [0.15, 0.2) is 0 Å². The van der Waals surface area contributed by atoms with Crippen molar-refractivity contribution in [2.24, 2.45) is 46.3 Å². The van der Waals surface area contributed by atoms with E-state index in [0.717, 1.165) is 12.8 Å². The number of hydrogen-bond acceptors (Lipinski definition) is 8. The first kappa shape index (κ1) is 32.8. The molecule has 0 amide bonds. The molecule has 1 heterocycles. The fraction of sp³-hybridized carbons (Fsp3) is 0.821. The maximum atomic E-state index is 13.9. The number of aliphatic carboxylic acids is 3. The Morgan fingerprint density at radius 1 is 0.950 bits per heavy atom. The van der Waals surface area contributed by atoms with Crippen LogP contribution in [-0.2, 0) is 54.5 Å². The fourth-order valence-electron chi connectivity index (χ4n) is 9.28. The molecule has 12 heteroatoms. The van der Waals surface area contributed by atoms with E-state index in [1.807, 2.05) is 13.8 Å². The van der Waals surface area contributed by atoms with Crippen LogP contribution in [0.1, 0.15) is 78.6 Å². The smallest absolute Gasteiger partial charge is 0.481 e. The van der Waals surface area contributed by atoms with Gasteiger partial charge in [0, 0.05) is 43.4 Å².